The van der Waals surface area contributed by atoms with Crippen molar-refractivity contribution in [3.05, 3.63) is 42.7 Å². The van der Waals surface area contributed by atoms with Gasteiger partial charge in [0.1, 0.15) is 0 Å². The first-order valence-corrected chi connectivity index (χ1v) is 5.58. The Balaban J connectivity index is 1.99. The van der Waals surface area contributed by atoms with Crippen LogP contribution in [0.15, 0.2) is 37.1 Å². The van der Waals surface area contributed by atoms with E-state index in [1.807, 2.05) is 24.8 Å². The second-order valence-electron chi connectivity index (χ2n) is 4.09. The second-order valence-corrected chi connectivity index (χ2v) is 4.09. The molecule has 0 amide bonds. The fourth-order valence-corrected chi connectivity index (χ4v) is 2.23. The van der Waals surface area contributed by atoms with Gasteiger partial charge in [-0.05, 0) is 25.1 Å². The van der Waals surface area contributed by atoms with Gasteiger partial charge < -0.3 is 9.88 Å². The van der Waals surface area contributed by atoms with E-state index in [1.165, 1.54) is 12.1 Å². The van der Waals surface area contributed by atoms with Crippen LogP contribution in [0.1, 0.15) is 18.0 Å². The van der Waals surface area contributed by atoms with E-state index in [0.717, 1.165) is 18.8 Å². The van der Waals surface area contributed by atoms with E-state index in [4.69, 9.17) is 0 Å². The number of nitrogens with zero attached hydrogens (tertiary/aromatic N) is 3. The molecule has 4 heteroatoms. The summed E-state index contributed by atoms with van der Waals surface area (Å²) in [5, 5.41) is 3.38. The molecule has 2 aromatic heterocycles. The molecular weight excluding hydrogens is 200 g/mol. The number of rotatable bonds is 2. The highest BCUT2D eigenvalue weighted by Crippen LogP contribution is 2.24. The Morgan fingerprint density at radius 2 is 2.31 bits per heavy atom. The van der Waals surface area contributed by atoms with Gasteiger partial charge in [-0.25, -0.2) is 4.98 Å². The van der Waals surface area contributed by atoms with Crippen molar-refractivity contribution >= 4 is 0 Å². The molecule has 1 atom stereocenters. The van der Waals surface area contributed by atoms with Gasteiger partial charge in [0.25, 0.3) is 0 Å². The Hall–Kier alpha value is -1.68. The van der Waals surface area contributed by atoms with Gasteiger partial charge in [-0.2, -0.15) is 0 Å². The highest BCUT2D eigenvalue weighted by Gasteiger charge is 2.20. The van der Waals surface area contributed by atoms with Crippen molar-refractivity contribution in [2.75, 3.05) is 13.1 Å². The maximum absolute atomic E-state index is 4.25. The first-order chi connectivity index (χ1) is 7.95. The molecule has 1 N–H and O–H groups in total. The minimum atomic E-state index is 0.572. The van der Waals surface area contributed by atoms with Crippen LogP contribution < -0.4 is 5.32 Å². The molecule has 0 radical (unpaired) electrons. The van der Waals surface area contributed by atoms with Crippen LogP contribution in [0.4, 0.5) is 0 Å². The predicted octanol–water partition coefficient (Wildman–Crippen LogP) is 1.34. The molecule has 1 aliphatic heterocycles. The zero-order valence-electron chi connectivity index (χ0n) is 9.00. The lowest BCUT2D eigenvalue weighted by Crippen LogP contribution is -2.10. The molecule has 1 unspecified atom stereocenters. The monoisotopic (exact) mass is 214 g/mol. The van der Waals surface area contributed by atoms with Gasteiger partial charge in [0, 0.05) is 30.6 Å². The lowest BCUT2D eigenvalue weighted by atomic mass is 10.1. The van der Waals surface area contributed by atoms with Gasteiger partial charge in [-0.15, -0.1) is 0 Å². The fourth-order valence-electron chi connectivity index (χ4n) is 2.23. The Kier molecular flexibility index (Phi) is 2.42. The molecule has 1 aliphatic rings. The summed E-state index contributed by atoms with van der Waals surface area (Å²) in [5.74, 6) is 0.572. The number of hydrogen-bond acceptors (Lipinski definition) is 3. The largest absolute Gasteiger partial charge is 0.316 e. The van der Waals surface area contributed by atoms with Gasteiger partial charge in [0.05, 0.1) is 18.2 Å². The van der Waals surface area contributed by atoms with E-state index in [0.29, 0.717) is 5.92 Å². The summed E-state index contributed by atoms with van der Waals surface area (Å²) in [4.78, 5) is 8.39. The minimum Gasteiger partial charge on any atom is -0.316 e. The second kappa shape index (κ2) is 4.06. The SMILES string of the molecule is c1cncc(-n2cncc2C2CCNC2)c1. The van der Waals surface area contributed by atoms with E-state index in [-0.39, 0.29) is 0 Å². The molecule has 2 aromatic rings. The van der Waals surface area contributed by atoms with E-state index >= 15 is 0 Å². The molecule has 0 aromatic carbocycles. The number of nitrogens with one attached hydrogen (secondary N) is 1. The molecule has 0 spiro atoms. The third-order valence-corrected chi connectivity index (χ3v) is 3.07. The van der Waals surface area contributed by atoms with Gasteiger partial charge in [0.15, 0.2) is 0 Å². The van der Waals surface area contributed by atoms with Crippen LogP contribution in [0.2, 0.25) is 0 Å². The number of hydrogen-bond donors (Lipinski definition) is 1. The Labute approximate surface area is 94.4 Å². The Morgan fingerprint density at radius 1 is 1.31 bits per heavy atom. The third kappa shape index (κ3) is 1.61. The average molecular weight is 214 g/mol. The first-order valence-electron chi connectivity index (χ1n) is 5.58. The number of aromatic nitrogens is 3. The minimum absolute atomic E-state index is 0.572. The van der Waals surface area contributed by atoms with E-state index in [2.05, 4.69) is 25.9 Å². The third-order valence-electron chi connectivity index (χ3n) is 3.07. The maximum Gasteiger partial charge on any atom is 0.0994 e. The Bertz CT molecular complexity index is 457. The van der Waals surface area contributed by atoms with Crippen molar-refractivity contribution in [1.82, 2.24) is 19.9 Å². The van der Waals surface area contributed by atoms with Crippen LogP contribution in [-0.4, -0.2) is 27.6 Å². The lowest BCUT2D eigenvalue weighted by molar-refractivity contribution is 0.713. The number of imidazole rings is 1. The summed E-state index contributed by atoms with van der Waals surface area (Å²) in [6, 6.07) is 4.01. The summed E-state index contributed by atoms with van der Waals surface area (Å²) in [6.07, 6.45) is 8.67. The molecule has 3 rings (SSSR count). The molecule has 16 heavy (non-hydrogen) atoms. The zero-order valence-corrected chi connectivity index (χ0v) is 9.00. The lowest BCUT2D eigenvalue weighted by Gasteiger charge is -2.12. The smallest absolute Gasteiger partial charge is 0.0994 e. The van der Waals surface area contributed by atoms with Crippen LogP contribution in [-0.2, 0) is 0 Å². The molecular formula is C12H14N4. The quantitative estimate of drug-likeness (QED) is 0.820. The van der Waals surface area contributed by atoms with Gasteiger partial charge in [-0.3, -0.25) is 4.98 Å². The topological polar surface area (TPSA) is 42.7 Å². The summed E-state index contributed by atoms with van der Waals surface area (Å²) < 4.78 is 2.13. The summed E-state index contributed by atoms with van der Waals surface area (Å²) in [5.41, 5.74) is 2.36. The van der Waals surface area contributed by atoms with Gasteiger partial charge in [0.2, 0.25) is 0 Å². The molecule has 0 saturated carbocycles. The molecule has 3 heterocycles. The van der Waals surface area contributed by atoms with Crippen LogP contribution in [0, 0.1) is 0 Å². The highest BCUT2D eigenvalue weighted by molar-refractivity contribution is 5.31. The molecule has 4 nitrogen and oxygen atoms in total. The summed E-state index contributed by atoms with van der Waals surface area (Å²) in [6.45, 7) is 2.15. The van der Waals surface area contributed by atoms with Crippen molar-refractivity contribution in [2.24, 2.45) is 0 Å². The van der Waals surface area contributed by atoms with Crippen LogP contribution in [0.25, 0.3) is 5.69 Å². The summed E-state index contributed by atoms with van der Waals surface area (Å²) in [7, 11) is 0. The van der Waals surface area contributed by atoms with E-state index < -0.39 is 0 Å². The van der Waals surface area contributed by atoms with E-state index in [9.17, 15) is 0 Å². The zero-order chi connectivity index (χ0) is 10.8. The van der Waals surface area contributed by atoms with Crippen molar-refractivity contribution < 1.29 is 0 Å². The number of pyridine rings is 1. The van der Waals surface area contributed by atoms with Crippen molar-refractivity contribution in [1.29, 1.82) is 0 Å². The van der Waals surface area contributed by atoms with Crippen LogP contribution >= 0.6 is 0 Å². The normalized spacial score (nSPS) is 20.1. The molecule has 0 bridgehead atoms. The highest BCUT2D eigenvalue weighted by atomic mass is 15.1. The van der Waals surface area contributed by atoms with Gasteiger partial charge >= 0.3 is 0 Å². The standard InChI is InChI=1S/C12H14N4/c1-2-11(7-13-4-1)16-9-15-8-12(16)10-3-5-14-6-10/h1-2,4,7-10,14H,3,5-6H2. The molecule has 1 fully saturated rings. The first kappa shape index (κ1) is 9.54. The summed E-state index contributed by atoms with van der Waals surface area (Å²) >= 11 is 0. The molecule has 82 valence electrons. The van der Waals surface area contributed by atoms with Gasteiger partial charge in [-0.1, -0.05) is 0 Å². The van der Waals surface area contributed by atoms with Crippen LogP contribution in [0.3, 0.4) is 0 Å². The maximum atomic E-state index is 4.25. The van der Waals surface area contributed by atoms with Crippen molar-refractivity contribution in [3.8, 4) is 5.69 Å². The molecule has 0 aliphatic carbocycles. The van der Waals surface area contributed by atoms with Crippen molar-refractivity contribution in [3.63, 3.8) is 0 Å². The van der Waals surface area contributed by atoms with Crippen LogP contribution in [0.5, 0.6) is 0 Å². The Morgan fingerprint density at radius 3 is 3.06 bits per heavy atom. The average Bonchev–Trinajstić information content (AvgIpc) is 3.01. The fraction of sp³-hybridized carbons (Fsp3) is 0.333. The van der Waals surface area contributed by atoms with E-state index in [1.54, 1.807) is 6.20 Å². The molecule has 1 saturated heterocycles. The van der Waals surface area contributed by atoms with Crippen molar-refractivity contribution in [2.45, 2.75) is 12.3 Å². The predicted molar refractivity (Wildman–Crippen MR) is 61.6 cm³/mol.